The summed E-state index contributed by atoms with van der Waals surface area (Å²) in [4.78, 5) is 11.7. The Labute approximate surface area is 114 Å². The van der Waals surface area contributed by atoms with Gasteiger partial charge in [0, 0.05) is 12.0 Å². The fourth-order valence-electron chi connectivity index (χ4n) is 1.87. The van der Waals surface area contributed by atoms with Gasteiger partial charge in [-0.05, 0) is 37.1 Å². The minimum Gasteiger partial charge on any atom is -0.484 e. The maximum absolute atomic E-state index is 11.7. The van der Waals surface area contributed by atoms with Crippen LogP contribution >= 0.6 is 0 Å². The molecule has 0 saturated carbocycles. The average Bonchev–Trinajstić information content (AvgIpc) is 2.35. The molecule has 1 heterocycles. The molecule has 2 rings (SSSR count). The first-order chi connectivity index (χ1) is 8.98. The number of carbonyl (C=O) groups excluding carboxylic acids is 1. The number of carbonyl (C=O) groups is 1. The van der Waals surface area contributed by atoms with E-state index in [1.807, 2.05) is 32.0 Å². The Kier molecular flexibility index (Phi) is 4.10. The van der Waals surface area contributed by atoms with Crippen molar-refractivity contribution in [3.63, 3.8) is 0 Å². The molecule has 1 aliphatic heterocycles. The number of amides is 1. The molecule has 4 heteroatoms. The van der Waals surface area contributed by atoms with Gasteiger partial charge in [-0.25, -0.2) is 0 Å². The third-order valence-corrected chi connectivity index (χ3v) is 3.46. The van der Waals surface area contributed by atoms with Gasteiger partial charge < -0.3 is 14.8 Å². The lowest BCUT2D eigenvalue weighted by atomic mass is 9.89. The highest BCUT2D eigenvalue weighted by Crippen LogP contribution is 2.25. The Balaban J connectivity index is 1.75. The SMILES string of the molecule is Cc1ccc(OCC(=O)NCC2(C)COC2)cc1C. The average molecular weight is 263 g/mol. The van der Waals surface area contributed by atoms with Gasteiger partial charge >= 0.3 is 0 Å². The summed E-state index contributed by atoms with van der Waals surface area (Å²) in [7, 11) is 0. The van der Waals surface area contributed by atoms with E-state index in [0.29, 0.717) is 19.8 Å². The Hall–Kier alpha value is -1.55. The van der Waals surface area contributed by atoms with Crippen LogP contribution < -0.4 is 10.1 Å². The summed E-state index contributed by atoms with van der Waals surface area (Å²) in [6, 6.07) is 5.83. The Morgan fingerprint density at radius 2 is 2.11 bits per heavy atom. The molecule has 0 radical (unpaired) electrons. The topological polar surface area (TPSA) is 47.6 Å². The molecular formula is C15H21NO3. The molecule has 0 atom stereocenters. The zero-order chi connectivity index (χ0) is 13.9. The van der Waals surface area contributed by atoms with Crippen LogP contribution in [-0.4, -0.2) is 32.3 Å². The molecule has 1 N–H and O–H groups in total. The van der Waals surface area contributed by atoms with Crippen molar-refractivity contribution >= 4 is 5.91 Å². The minimum absolute atomic E-state index is 0.0550. The number of nitrogens with one attached hydrogen (secondary N) is 1. The second-order valence-electron chi connectivity index (χ2n) is 5.61. The van der Waals surface area contributed by atoms with E-state index in [2.05, 4.69) is 12.2 Å². The predicted octanol–water partition coefficient (Wildman–Crippen LogP) is 1.83. The molecule has 1 aromatic rings. The molecule has 104 valence electrons. The second kappa shape index (κ2) is 5.61. The van der Waals surface area contributed by atoms with Crippen molar-refractivity contribution in [2.75, 3.05) is 26.4 Å². The van der Waals surface area contributed by atoms with Crippen molar-refractivity contribution in [2.45, 2.75) is 20.8 Å². The standard InChI is InChI=1S/C15H21NO3/c1-11-4-5-13(6-12(11)2)19-7-14(17)16-8-15(3)9-18-10-15/h4-6H,7-10H2,1-3H3,(H,16,17). The van der Waals surface area contributed by atoms with Crippen LogP contribution in [0.1, 0.15) is 18.1 Å². The number of benzene rings is 1. The van der Waals surface area contributed by atoms with Gasteiger partial charge in [-0.15, -0.1) is 0 Å². The van der Waals surface area contributed by atoms with Gasteiger partial charge in [0.2, 0.25) is 0 Å². The lowest BCUT2D eigenvalue weighted by molar-refractivity contribution is -0.128. The van der Waals surface area contributed by atoms with Crippen LogP contribution in [0.25, 0.3) is 0 Å². The van der Waals surface area contributed by atoms with Gasteiger partial charge in [0.1, 0.15) is 5.75 Å². The van der Waals surface area contributed by atoms with E-state index >= 15 is 0 Å². The molecule has 1 fully saturated rings. The van der Waals surface area contributed by atoms with Gasteiger partial charge in [-0.3, -0.25) is 4.79 Å². The lowest BCUT2D eigenvalue weighted by Crippen LogP contribution is -2.49. The van der Waals surface area contributed by atoms with Crippen molar-refractivity contribution in [3.05, 3.63) is 29.3 Å². The first-order valence-electron chi connectivity index (χ1n) is 6.53. The van der Waals surface area contributed by atoms with Crippen LogP contribution in [0.4, 0.5) is 0 Å². The molecule has 0 bridgehead atoms. The highest BCUT2D eigenvalue weighted by molar-refractivity contribution is 5.77. The first-order valence-corrected chi connectivity index (χ1v) is 6.53. The molecule has 1 amide bonds. The van der Waals surface area contributed by atoms with Crippen LogP contribution in [0.5, 0.6) is 5.75 Å². The summed E-state index contributed by atoms with van der Waals surface area (Å²) < 4.78 is 10.6. The Bertz CT molecular complexity index is 466. The third kappa shape index (κ3) is 3.70. The molecule has 1 aromatic carbocycles. The van der Waals surface area contributed by atoms with E-state index in [-0.39, 0.29) is 17.9 Å². The Morgan fingerprint density at radius 1 is 1.37 bits per heavy atom. The van der Waals surface area contributed by atoms with E-state index < -0.39 is 0 Å². The number of aryl methyl sites for hydroxylation is 2. The summed E-state index contributed by atoms with van der Waals surface area (Å²) in [5, 5.41) is 2.88. The van der Waals surface area contributed by atoms with Crippen molar-refractivity contribution in [3.8, 4) is 5.75 Å². The second-order valence-corrected chi connectivity index (χ2v) is 5.61. The summed E-state index contributed by atoms with van der Waals surface area (Å²) in [5.41, 5.74) is 2.47. The molecule has 4 nitrogen and oxygen atoms in total. The zero-order valence-electron chi connectivity index (χ0n) is 11.8. The van der Waals surface area contributed by atoms with Crippen LogP contribution in [0.3, 0.4) is 0 Å². The number of hydrogen-bond donors (Lipinski definition) is 1. The van der Waals surface area contributed by atoms with Gasteiger partial charge in [-0.1, -0.05) is 13.0 Å². The van der Waals surface area contributed by atoms with E-state index in [1.54, 1.807) is 0 Å². The fourth-order valence-corrected chi connectivity index (χ4v) is 1.87. The first kappa shape index (κ1) is 13.9. The molecular weight excluding hydrogens is 242 g/mol. The van der Waals surface area contributed by atoms with E-state index in [4.69, 9.17) is 9.47 Å². The molecule has 0 aliphatic carbocycles. The molecule has 1 saturated heterocycles. The van der Waals surface area contributed by atoms with Gasteiger partial charge in [0.05, 0.1) is 13.2 Å². The van der Waals surface area contributed by atoms with Crippen LogP contribution in [-0.2, 0) is 9.53 Å². The zero-order valence-corrected chi connectivity index (χ0v) is 11.8. The molecule has 0 aromatic heterocycles. The van der Waals surface area contributed by atoms with Gasteiger partial charge in [0.25, 0.3) is 5.91 Å². The number of rotatable bonds is 5. The third-order valence-electron chi connectivity index (χ3n) is 3.46. The number of hydrogen-bond acceptors (Lipinski definition) is 3. The maximum atomic E-state index is 11.7. The van der Waals surface area contributed by atoms with Crippen molar-refractivity contribution in [2.24, 2.45) is 5.41 Å². The normalized spacial score (nSPS) is 16.6. The van der Waals surface area contributed by atoms with Gasteiger partial charge in [0.15, 0.2) is 6.61 Å². The van der Waals surface area contributed by atoms with E-state index in [0.717, 1.165) is 11.3 Å². The largest absolute Gasteiger partial charge is 0.484 e. The Morgan fingerprint density at radius 3 is 2.68 bits per heavy atom. The fraction of sp³-hybridized carbons (Fsp3) is 0.533. The molecule has 0 spiro atoms. The summed E-state index contributed by atoms with van der Waals surface area (Å²) in [5.74, 6) is 0.641. The minimum atomic E-state index is -0.0913. The monoisotopic (exact) mass is 263 g/mol. The van der Waals surface area contributed by atoms with Crippen LogP contribution in [0.15, 0.2) is 18.2 Å². The van der Waals surface area contributed by atoms with Crippen molar-refractivity contribution in [1.82, 2.24) is 5.32 Å². The van der Waals surface area contributed by atoms with Gasteiger partial charge in [-0.2, -0.15) is 0 Å². The molecule has 0 unspecified atom stereocenters. The molecule has 1 aliphatic rings. The highest BCUT2D eigenvalue weighted by Gasteiger charge is 2.33. The molecule has 19 heavy (non-hydrogen) atoms. The van der Waals surface area contributed by atoms with Crippen molar-refractivity contribution in [1.29, 1.82) is 0 Å². The van der Waals surface area contributed by atoms with Crippen LogP contribution in [0.2, 0.25) is 0 Å². The van der Waals surface area contributed by atoms with Crippen molar-refractivity contribution < 1.29 is 14.3 Å². The van der Waals surface area contributed by atoms with E-state index in [9.17, 15) is 4.79 Å². The smallest absolute Gasteiger partial charge is 0.257 e. The summed E-state index contributed by atoms with van der Waals surface area (Å²) in [6.07, 6.45) is 0. The quantitative estimate of drug-likeness (QED) is 0.881. The highest BCUT2D eigenvalue weighted by atomic mass is 16.5. The number of ether oxygens (including phenoxy) is 2. The lowest BCUT2D eigenvalue weighted by Gasteiger charge is -2.37. The summed E-state index contributed by atoms with van der Waals surface area (Å²) in [6.45, 7) is 8.30. The summed E-state index contributed by atoms with van der Waals surface area (Å²) >= 11 is 0. The van der Waals surface area contributed by atoms with E-state index in [1.165, 1.54) is 5.56 Å². The van der Waals surface area contributed by atoms with Crippen LogP contribution in [0, 0.1) is 19.3 Å². The maximum Gasteiger partial charge on any atom is 0.257 e. The predicted molar refractivity (Wildman–Crippen MR) is 73.3 cm³/mol.